The van der Waals surface area contributed by atoms with Gasteiger partial charge in [-0.05, 0) is 29.9 Å². The summed E-state index contributed by atoms with van der Waals surface area (Å²) in [5.41, 5.74) is 0.228. The second-order valence-electron chi connectivity index (χ2n) is 6.31. The zero-order chi connectivity index (χ0) is 18.8. The Kier molecular flexibility index (Phi) is 5.33. The number of thiophene rings is 2. The van der Waals surface area contributed by atoms with Crippen LogP contribution in [0.2, 0.25) is 0 Å². The highest BCUT2D eigenvalue weighted by Gasteiger charge is 2.21. The van der Waals surface area contributed by atoms with Crippen molar-refractivity contribution >= 4 is 44.6 Å². The summed E-state index contributed by atoms with van der Waals surface area (Å²) in [6.07, 6.45) is 1.36. The van der Waals surface area contributed by atoms with E-state index < -0.39 is 5.97 Å². The van der Waals surface area contributed by atoms with E-state index in [4.69, 9.17) is 4.74 Å². The van der Waals surface area contributed by atoms with Crippen LogP contribution in [0.15, 0.2) is 28.6 Å². The Morgan fingerprint density at radius 3 is 2.77 bits per heavy atom. The summed E-state index contributed by atoms with van der Waals surface area (Å²) in [7, 11) is 0. The zero-order valence-corrected chi connectivity index (χ0v) is 16.3. The highest BCUT2D eigenvalue weighted by molar-refractivity contribution is 7.20. The lowest BCUT2D eigenvalue weighted by Gasteiger charge is -2.06. The maximum atomic E-state index is 12.8. The number of hydrogen-bond acceptors (Lipinski definition) is 7. The van der Waals surface area contributed by atoms with Crippen LogP contribution in [0.3, 0.4) is 0 Å². The van der Waals surface area contributed by atoms with E-state index in [9.17, 15) is 14.4 Å². The predicted molar refractivity (Wildman–Crippen MR) is 102 cm³/mol. The first-order valence-electron chi connectivity index (χ1n) is 8.10. The molecule has 0 saturated carbocycles. The quantitative estimate of drug-likeness (QED) is 0.475. The van der Waals surface area contributed by atoms with E-state index in [0.29, 0.717) is 32.1 Å². The van der Waals surface area contributed by atoms with Crippen molar-refractivity contribution in [2.45, 2.75) is 27.3 Å². The van der Waals surface area contributed by atoms with E-state index in [1.165, 1.54) is 22.2 Å². The summed E-state index contributed by atoms with van der Waals surface area (Å²) >= 11 is 2.48. The molecule has 0 fully saturated rings. The van der Waals surface area contributed by atoms with Gasteiger partial charge in [-0.2, -0.15) is 0 Å². The number of ketones is 1. The van der Waals surface area contributed by atoms with Gasteiger partial charge < -0.3 is 4.74 Å². The van der Waals surface area contributed by atoms with E-state index in [0.717, 1.165) is 11.3 Å². The van der Waals surface area contributed by atoms with Crippen LogP contribution < -0.4 is 5.56 Å². The number of Topliss-reactive ketones (excluding diaryl/α,β-unsaturated/α-hetero) is 1. The summed E-state index contributed by atoms with van der Waals surface area (Å²) in [4.78, 5) is 43.0. The molecule has 0 aliphatic heterocycles. The van der Waals surface area contributed by atoms with Gasteiger partial charge in [-0.3, -0.25) is 14.2 Å². The number of hydrogen-bond donors (Lipinski definition) is 0. The molecule has 3 heterocycles. The second-order valence-corrected chi connectivity index (χ2v) is 8.25. The van der Waals surface area contributed by atoms with Crippen LogP contribution in [0, 0.1) is 12.8 Å². The van der Waals surface area contributed by atoms with Crippen LogP contribution >= 0.6 is 22.7 Å². The van der Waals surface area contributed by atoms with Crippen molar-refractivity contribution in [2.75, 3.05) is 6.61 Å². The van der Waals surface area contributed by atoms with Crippen LogP contribution in [0.4, 0.5) is 0 Å². The van der Waals surface area contributed by atoms with Gasteiger partial charge in [-0.25, -0.2) is 9.78 Å². The maximum absolute atomic E-state index is 12.8. The molecular formula is C18H18N2O4S2. The fraction of sp³-hybridized carbons (Fsp3) is 0.333. The van der Waals surface area contributed by atoms with Gasteiger partial charge in [0.25, 0.3) is 5.56 Å². The van der Waals surface area contributed by atoms with Crippen LogP contribution in [-0.4, -0.2) is 27.9 Å². The van der Waals surface area contributed by atoms with E-state index in [1.54, 1.807) is 19.1 Å². The third-order valence-corrected chi connectivity index (χ3v) is 5.85. The molecule has 0 saturated heterocycles. The Bertz CT molecular complexity index is 1020. The number of aromatic nitrogens is 2. The van der Waals surface area contributed by atoms with E-state index in [2.05, 4.69) is 4.98 Å². The fourth-order valence-electron chi connectivity index (χ4n) is 2.44. The van der Waals surface area contributed by atoms with Crippen LogP contribution in [0.5, 0.6) is 0 Å². The minimum atomic E-state index is -0.445. The minimum absolute atomic E-state index is 0.0787. The van der Waals surface area contributed by atoms with Gasteiger partial charge in [0.05, 0.1) is 29.7 Å². The van der Waals surface area contributed by atoms with Gasteiger partial charge in [-0.1, -0.05) is 19.9 Å². The van der Waals surface area contributed by atoms with Gasteiger partial charge in [-0.15, -0.1) is 22.7 Å². The van der Waals surface area contributed by atoms with Crippen molar-refractivity contribution in [3.63, 3.8) is 0 Å². The van der Waals surface area contributed by atoms with E-state index in [-0.39, 0.29) is 23.8 Å². The molecule has 3 rings (SSSR count). The highest BCUT2D eigenvalue weighted by atomic mass is 32.1. The van der Waals surface area contributed by atoms with Crippen molar-refractivity contribution < 1.29 is 14.3 Å². The lowest BCUT2D eigenvalue weighted by Crippen LogP contribution is -2.24. The van der Waals surface area contributed by atoms with Crippen LogP contribution in [-0.2, 0) is 11.3 Å². The average molecular weight is 390 g/mol. The van der Waals surface area contributed by atoms with Crippen molar-refractivity contribution in [2.24, 2.45) is 5.92 Å². The van der Waals surface area contributed by atoms with Crippen molar-refractivity contribution in [3.8, 4) is 0 Å². The lowest BCUT2D eigenvalue weighted by molar-refractivity contribution is 0.0464. The first kappa shape index (κ1) is 18.5. The third kappa shape index (κ3) is 3.61. The standard InChI is InChI=1S/C18H18N2O4S2/c1-10(2)8-24-18(23)15-11(3)14-16(26-15)19-9-20(17(14)22)7-12(21)13-5-4-6-25-13/h4-6,9-10H,7-8H2,1-3H3. The van der Waals surface area contributed by atoms with Crippen molar-refractivity contribution in [1.82, 2.24) is 9.55 Å². The summed E-state index contributed by atoms with van der Waals surface area (Å²) in [5, 5.41) is 2.18. The molecule has 0 aliphatic carbocycles. The summed E-state index contributed by atoms with van der Waals surface area (Å²) in [6, 6.07) is 3.52. The van der Waals surface area contributed by atoms with E-state index >= 15 is 0 Å². The summed E-state index contributed by atoms with van der Waals surface area (Å²) < 4.78 is 6.55. The zero-order valence-electron chi connectivity index (χ0n) is 14.6. The molecular weight excluding hydrogens is 372 g/mol. The molecule has 3 aromatic heterocycles. The van der Waals surface area contributed by atoms with Crippen molar-refractivity contribution in [1.29, 1.82) is 0 Å². The predicted octanol–water partition coefficient (Wildman–Crippen LogP) is 3.52. The molecule has 136 valence electrons. The van der Waals surface area contributed by atoms with Gasteiger partial charge in [0.2, 0.25) is 0 Å². The van der Waals surface area contributed by atoms with E-state index in [1.807, 2.05) is 19.2 Å². The lowest BCUT2D eigenvalue weighted by atomic mass is 10.2. The molecule has 8 heteroatoms. The Morgan fingerprint density at radius 2 is 2.12 bits per heavy atom. The number of rotatable bonds is 6. The second kappa shape index (κ2) is 7.51. The molecule has 0 bridgehead atoms. The first-order valence-corrected chi connectivity index (χ1v) is 9.80. The number of carbonyl (C=O) groups is 2. The Labute approximate surface area is 158 Å². The van der Waals surface area contributed by atoms with Gasteiger partial charge in [0, 0.05) is 0 Å². The smallest absolute Gasteiger partial charge is 0.348 e. The minimum Gasteiger partial charge on any atom is -0.461 e. The summed E-state index contributed by atoms with van der Waals surface area (Å²) in [5.74, 6) is -0.361. The first-order chi connectivity index (χ1) is 12.4. The number of esters is 1. The molecule has 0 amide bonds. The molecule has 0 atom stereocenters. The number of ether oxygens (including phenoxy) is 1. The van der Waals surface area contributed by atoms with Crippen LogP contribution in [0.25, 0.3) is 10.2 Å². The number of fused-ring (bicyclic) bond motifs is 1. The molecule has 0 N–H and O–H groups in total. The molecule has 0 aliphatic rings. The Morgan fingerprint density at radius 1 is 1.35 bits per heavy atom. The van der Waals surface area contributed by atoms with Crippen molar-refractivity contribution in [3.05, 3.63) is 49.5 Å². The van der Waals surface area contributed by atoms with Crippen LogP contribution in [0.1, 0.15) is 38.8 Å². The normalized spacial score (nSPS) is 11.2. The topological polar surface area (TPSA) is 78.3 Å². The maximum Gasteiger partial charge on any atom is 0.348 e. The Balaban J connectivity index is 1.94. The van der Waals surface area contributed by atoms with Gasteiger partial charge in [0.15, 0.2) is 5.78 Å². The van der Waals surface area contributed by atoms with Gasteiger partial charge in [0.1, 0.15) is 9.71 Å². The SMILES string of the molecule is Cc1c(C(=O)OCC(C)C)sc2ncn(CC(=O)c3cccs3)c(=O)c12. The summed E-state index contributed by atoms with van der Waals surface area (Å²) in [6.45, 7) is 5.86. The van der Waals surface area contributed by atoms with Gasteiger partial charge >= 0.3 is 5.97 Å². The monoisotopic (exact) mass is 390 g/mol. The molecule has 0 radical (unpaired) electrons. The largest absolute Gasteiger partial charge is 0.461 e. The molecule has 26 heavy (non-hydrogen) atoms. The number of nitrogens with zero attached hydrogens (tertiary/aromatic N) is 2. The molecule has 6 nitrogen and oxygen atoms in total. The Hall–Kier alpha value is -2.32. The number of carbonyl (C=O) groups excluding carboxylic acids is 2. The molecule has 0 unspecified atom stereocenters. The molecule has 0 spiro atoms. The molecule has 0 aromatic carbocycles. The number of aryl methyl sites for hydroxylation is 1. The highest BCUT2D eigenvalue weighted by Crippen LogP contribution is 2.27. The fourth-order valence-corrected chi connectivity index (χ4v) is 4.13. The molecule has 3 aromatic rings. The average Bonchev–Trinajstić information content (AvgIpc) is 3.24. The third-order valence-electron chi connectivity index (χ3n) is 3.76.